The molecule has 0 saturated heterocycles. The van der Waals surface area contributed by atoms with Gasteiger partial charge in [-0.15, -0.1) is 0 Å². The van der Waals surface area contributed by atoms with Crippen molar-refractivity contribution in [1.82, 2.24) is 15.3 Å². The number of carbonyl (C=O) groups is 1. The van der Waals surface area contributed by atoms with Gasteiger partial charge in [-0.25, -0.2) is 14.4 Å². The molecule has 0 radical (unpaired) electrons. The number of rotatable bonds is 3. The molecule has 1 aromatic heterocycles. The number of nitrogen functional groups attached to an aromatic ring is 1. The molecular weight excluding hydrogens is 315 g/mol. The molecule has 3 N–H and O–H groups in total. The molecule has 1 amide bonds. The summed E-state index contributed by atoms with van der Waals surface area (Å²) in [5.74, 6) is -0.852. The van der Waals surface area contributed by atoms with E-state index in [9.17, 15) is 9.18 Å². The van der Waals surface area contributed by atoms with Gasteiger partial charge in [0.05, 0.1) is 0 Å². The minimum Gasteiger partial charge on any atom is -0.382 e. The van der Waals surface area contributed by atoms with E-state index in [1.807, 2.05) is 0 Å². The first-order valence-electron chi connectivity index (χ1n) is 5.36. The molecule has 0 saturated carbocycles. The van der Waals surface area contributed by atoms with Crippen LogP contribution in [0.4, 0.5) is 10.2 Å². The van der Waals surface area contributed by atoms with E-state index >= 15 is 0 Å². The Hall–Kier alpha value is -2.02. The van der Waals surface area contributed by atoms with Crippen molar-refractivity contribution in [3.05, 3.63) is 52.1 Å². The molecule has 0 aliphatic heterocycles. The molecule has 98 valence electrons. The minimum absolute atomic E-state index is 0.0258. The van der Waals surface area contributed by atoms with Crippen molar-refractivity contribution in [3.63, 3.8) is 0 Å². The second-order valence-electron chi connectivity index (χ2n) is 3.71. The molecule has 1 heterocycles. The Morgan fingerprint density at radius 1 is 1.37 bits per heavy atom. The lowest BCUT2D eigenvalue weighted by atomic mass is 10.2. The first-order chi connectivity index (χ1) is 9.08. The molecule has 0 fully saturated rings. The lowest BCUT2D eigenvalue weighted by Crippen LogP contribution is -2.25. The van der Waals surface area contributed by atoms with Crippen molar-refractivity contribution in [1.29, 1.82) is 0 Å². The van der Waals surface area contributed by atoms with E-state index in [1.165, 1.54) is 18.5 Å². The summed E-state index contributed by atoms with van der Waals surface area (Å²) < 4.78 is 14.2. The standard InChI is InChI=1S/C12H10BrFN4O/c13-8-1-2-9(14)7(5-8)6-18-12(19)10-11(15)17-4-3-16-10/h1-5H,6H2,(H2,15,17)(H,18,19). The van der Waals surface area contributed by atoms with E-state index in [4.69, 9.17) is 5.73 Å². The molecule has 0 unspecified atom stereocenters. The maximum absolute atomic E-state index is 13.5. The molecule has 0 aliphatic rings. The molecule has 19 heavy (non-hydrogen) atoms. The fourth-order valence-electron chi connectivity index (χ4n) is 1.46. The van der Waals surface area contributed by atoms with Crippen molar-refractivity contribution >= 4 is 27.7 Å². The fourth-order valence-corrected chi connectivity index (χ4v) is 1.87. The summed E-state index contributed by atoms with van der Waals surface area (Å²) in [4.78, 5) is 19.4. The lowest BCUT2D eigenvalue weighted by molar-refractivity contribution is 0.0946. The van der Waals surface area contributed by atoms with Gasteiger partial charge in [0, 0.05) is 29.0 Å². The summed E-state index contributed by atoms with van der Waals surface area (Å²) in [5, 5.41) is 2.54. The van der Waals surface area contributed by atoms with Crippen LogP contribution < -0.4 is 11.1 Å². The largest absolute Gasteiger partial charge is 0.382 e. The molecule has 2 aromatic rings. The zero-order valence-electron chi connectivity index (χ0n) is 9.73. The Kier molecular flexibility index (Phi) is 4.06. The summed E-state index contributed by atoms with van der Waals surface area (Å²) in [5.41, 5.74) is 5.92. The second kappa shape index (κ2) is 5.75. The van der Waals surface area contributed by atoms with E-state index < -0.39 is 11.7 Å². The summed E-state index contributed by atoms with van der Waals surface area (Å²) in [6.07, 6.45) is 2.76. The molecule has 0 atom stereocenters. The van der Waals surface area contributed by atoms with Crippen LogP contribution in [0.15, 0.2) is 35.1 Å². The van der Waals surface area contributed by atoms with Gasteiger partial charge in [-0.2, -0.15) is 0 Å². The van der Waals surface area contributed by atoms with Crippen molar-refractivity contribution in [2.45, 2.75) is 6.54 Å². The van der Waals surface area contributed by atoms with Crippen molar-refractivity contribution in [2.24, 2.45) is 0 Å². The molecule has 1 aromatic carbocycles. The monoisotopic (exact) mass is 324 g/mol. The lowest BCUT2D eigenvalue weighted by Gasteiger charge is -2.07. The summed E-state index contributed by atoms with van der Waals surface area (Å²) in [7, 11) is 0. The van der Waals surface area contributed by atoms with E-state index in [0.29, 0.717) is 5.56 Å². The number of amides is 1. The number of nitrogens with zero attached hydrogens (tertiary/aromatic N) is 2. The number of nitrogens with one attached hydrogen (secondary N) is 1. The van der Waals surface area contributed by atoms with Crippen LogP contribution in [0.2, 0.25) is 0 Å². The highest BCUT2D eigenvalue weighted by atomic mass is 79.9. The Morgan fingerprint density at radius 2 is 2.11 bits per heavy atom. The third-order valence-electron chi connectivity index (χ3n) is 2.39. The highest BCUT2D eigenvalue weighted by Gasteiger charge is 2.12. The van der Waals surface area contributed by atoms with Crippen LogP contribution in [0.25, 0.3) is 0 Å². The second-order valence-corrected chi connectivity index (χ2v) is 4.62. The predicted octanol–water partition coefficient (Wildman–Crippen LogP) is 1.89. The third kappa shape index (κ3) is 3.25. The van der Waals surface area contributed by atoms with Gasteiger partial charge >= 0.3 is 0 Å². The molecule has 0 bridgehead atoms. The van der Waals surface area contributed by atoms with Crippen LogP contribution in [0, 0.1) is 5.82 Å². The maximum atomic E-state index is 13.5. The number of aromatic nitrogens is 2. The van der Waals surface area contributed by atoms with E-state index in [0.717, 1.165) is 4.47 Å². The predicted molar refractivity (Wildman–Crippen MR) is 71.7 cm³/mol. The van der Waals surface area contributed by atoms with Crippen LogP contribution in [-0.2, 0) is 6.54 Å². The van der Waals surface area contributed by atoms with Gasteiger partial charge in [-0.3, -0.25) is 4.79 Å². The number of benzene rings is 1. The van der Waals surface area contributed by atoms with Crippen molar-refractivity contribution in [3.8, 4) is 0 Å². The average Bonchev–Trinajstić information content (AvgIpc) is 2.40. The number of nitrogens with two attached hydrogens (primary N) is 1. The summed E-state index contributed by atoms with van der Waals surface area (Å²) in [6, 6.07) is 4.50. The molecule has 0 aliphatic carbocycles. The number of halogens is 2. The van der Waals surface area contributed by atoms with Crippen LogP contribution in [0.5, 0.6) is 0 Å². The molecule has 0 spiro atoms. The van der Waals surface area contributed by atoms with Gasteiger partial charge in [0.25, 0.3) is 5.91 Å². The maximum Gasteiger partial charge on any atom is 0.273 e. The number of hydrogen-bond donors (Lipinski definition) is 2. The topological polar surface area (TPSA) is 80.9 Å². The van der Waals surface area contributed by atoms with Gasteiger partial charge < -0.3 is 11.1 Å². The Labute approximate surface area is 117 Å². The molecule has 7 heteroatoms. The fraction of sp³-hybridized carbons (Fsp3) is 0.0833. The normalized spacial score (nSPS) is 10.2. The first-order valence-corrected chi connectivity index (χ1v) is 6.16. The van der Waals surface area contributed by atoms with Gasteiger partial charge in [0.2, 0.25) is 0 Å². The summed E-state index contributed by atoms with van der Waals surface area (Å²) in [6.45, 7) is 0.0418. The summed E-state index contributed by atoms with van der Waals surface area (Å²) >= 11 is 3.24. The van der Waals surface area contributed by atoms with Crippen LogP contribution in [0.1, 0.15) is 16.1 Å². The smallest absolute Gasteiger partial charge is 0.273 e. The van der Waals surface area contributed by atoms with E-state index in [1.54, 1.807) is 12.1 Å². The van der Waals surface area contributed by atoms with Crippen LogP contribution in [0.3, 0.4) is 0 Å². The van der Waals surface area contributed by atoms with Crippen molar-refractivity contribution in [2.75, 3.05) is 5.73 Å². The third-order valence-corrected chi connectivity index (χ3v) is 2.88. The van der Waals surface area contributed by atoms with E-state index in [-0.39, 0.29) is 18.1 Å². The Bertz CT molecular complexity index is 620. The van der Waals surface area contributed by atoms with Crippen LogP contribution in [-0.4, -0.2) is 15.9 Å². The highest BCUT2D eigenvalue weighted by Crippen LogP contribution is 2.15. The zero-order valence-corrected chi connectivity index (χ0v) is 11.3. The zero-order chi connectivity index (χ0) is 13.8. The quantitative estimate of drug-likeness (QED) is 0.903. The van der Waals surface area contributed by atoms with Gasteiger partial charge in [-0.1, -0.05) is 15.9 Å². The Balaban J connectivity index is 2.09. The molecule has 5 nitrogen and oxygen atoms in total. The highest BCUT2D eigenvalue weighted by molar-refractivity contribution is 9.10. The van der Waals surface area contributed by atoms with Gasteiger partial charge in [0.15, 0.2) is 11.5 Å². The number of carbonyl (C=O) groups excluding carboxylic acids is 1. The molecular formula is C12H10BrFN4O. The van der Waals surface area contributed by atoms with Gasteiger partial charge in [-0.05, 0) is 18.2 Å². The Morgan fingerprint density at radius 3 is 2.84 bits per heavy atom. The van der Waals surface area contributed by atoms with Gasteiger partial charge in [0.1, 0.15) is 5.82 Å². The molecule has 2 rings (SSSR count). The van der Waals surface area contributed by atoms with E-state index in [2.05, 4.69) is 31.2 Å². The minimum atomic E-state index is -0.495. The first kappa shape index (κ1) is 13.4. The average molecular weight is 325 g/mol. The number of anilines is 1. The number of hydrogen-bond acceptors (Lipinski definition) is 4. The van der Waals surface area contributed by atoms with Crippen molar-refractivity contribution < 1.29 is 9.18 Å². The van der Waals surface area contributed by atoms with Crippen LogP contribution >= 0.6 is 15.9 Å². The SMILES string of the molecule is Nc1nccnc1C(=O)NCc1cc(Br)ccc1F.